The third-order valence-electron chi connectivity index (χ3n) is 1.83. The minimum absolute atomic E-state index is 0.149. The Balaban J connectivity index is 2.95. The van der Waals surface area contributed by atoms with Crippen LogP contribution in [-0.2, 0) is 14.8 Å². The van der Waals surface area contributed by atoms with E-state index < -0.39 is 21.5 Å². The summed E-state index contributed by atoms with van der Waals surface area (Å²) in [6, 6.07) is 1.63. The average molecular weight is 342 g/mol. The standard InChI is InChI=1S/C9H12BrNO4S2/c1-9(2,5-7(12)13)11-17(14,15)8-6(10)3-4-16-8/h3-4,11H,5H2,1-2H3,(H,12,13). The number of sulfonamides is 1. The van der Waals surface area contributed by atoms with Gasteiger partial charge in [0.2, 0.25) is 0 Å². The fourth-order valence-electron chi connectivity index (χ4n) is 1.30. The van der Waals surface area contributed by atoms with Gasteiger partial charge in [0.05, 0.1) is 6.42 Å². The molecule has 1 rings (SSSR count). The number of carboxylic acids is 1. The van der Waals surface area contributed by atoms with Gasteiger partial charge >= 0.3 is 5.97 Å². The molecule has 0 fully saturated rings. The van der Waals surface area contributed by atoms with E-state index in [1.165, 1.54) is 13.8 Å². The summed E-state index contributed by atoms with van der Waals surface area (Å²) in [5, 5.41) is 10.3. The molecule has 0 saturated heterocycles. The summed E-state index contributed by atoms with van der Waals surface area (Å²) in [5.74, 6) is -1.05. The highest BCUT2D eigenvalue weighted by Gasteiger charge is 2.30. The highest BCUT2D eigenvalue weighted by molar-refractivity contribution is 9.10. The molecule has 1 aromatic rings. The van der Waals surface area contributed by atoms with Crippen molar-refractivity contribution in [3.8, 4) is 0 Å². The predicted molar refractivity (Wildman–Crippen MR) is 68.7 cm³/mol. The van der Waals surface area contributed by atoms with Gasteiger partial charge in [-0.25, -0.2) is 13.1 Å². The van der Waals surface area contributed by atoms with Gasteiger partial charge in [-0.15, -0.1) is 11.3 Å². The van der Waals surface area contributed by atoms with E-state index in [9.17, 15) is 13.2 Å². The van der Waals surface area contributed by atoms with Crippen LogP contribution >= 0.6 is 27.3 Å². The molecule has 0 saturated carbocycles. The number of halogens is 1. The quantitative estimate of drug-likeness (QED) is 0.858. The van der Waals surface area contributed by atoms with Crippen LogP contribution in [0.3, 0.4) is 0 Å². The molecule has 0 aliphatic heterocycles. The maximum Gasteiger partial charge on any atom is 0.305 e. The molecule has 0 aliphatic carbocycles. The van der Waals surface area contributed by atoms with Crippen molar-refractivity contribution < 1.29 is 18.3 Å². The van der Waals surface area contributed by atoms with Gasteiger partial charge in [0.1, 0.15) is 4.21 Å². The first kappa shape index (κ1) is 14.6. The number of hydrogen-bond donors (Lipinski definition) is 2. The first-order valence-electron chi connectivity index (χ1n) is 4.63. The molecule has 0 spiro atoms. The molecule has 96 valence electrons. The summed E-state index contributed by atoms with van der Waals surface area (Å²) in [4.78, 5) is 10.6. The van der Waals surface area contributed by atoms with Crippen molar-refractivity contribution in [3.63, 3.8) is 0 Å². The zero-order valence-electron chi connectivity index (χ0n) is 9.23. The minimum atomic E-state index is -3.69. The van der Waals surface area contributed by atoms with Gasteiger partial charge in [-0.3, -0.25) is 4.79 Å². The normalized spacial score (nSPS) is 12.6. The summed E-state index contributed by atoms with van der Waals surface area (Å²) >= 11 is 4.21. The Morgan fingerprint density at radius 1 is 1.59 bits per heavy atom. The first-order valence-corrected chi connectivity index (χ1v) is 7.78. The van der Waals surface area contributed by atoms with Gasteiger partial charge < -0.3 is 5.11 Å². The molecule has 0 unspecified atom stereocenters. The number of carboxylic acid groups (broad SMARTS) is 1. The van der Waals surface area contributed by atoms with E-state index in [1.807, 2.05) is 0 Å². The Bertz CT molecular complexity index is 521. The SMILES string of the molecule is CC(C)(CC(=O)O)NS(=O)(=O)c1sccc1Br. The molecule has 17 heavy (non-hydrogen) atoms. The van der Waals surface area contributed by atoms with E-state index in [-0.39, 0.29) is 10.6 Å². The summed E-state index contributed by atoms with van der Waals surface area (Å²) in [6.45, 7) is 3.06. The summed E-state index contributed by atoms with van der Waals surface area (Å²) < 4.78 is 27.0. The second-order valence-corrected chi connectivity index (χ2v) is 7.76. The first-order chi connectivity index (χ1) is 7.64. The lowest BCUT2D eigenvalue weighted by Crippen LogP contribution is -2.44. The van der Waals surface area contributed by atoms with Crippen LogP contribution in [0.25, 0.3) is 0 Å². The molecule has 0 aromatic carbocycles. The second kappa shape index (κ2) is 5.05. The minimum Gasteiger partial charge on any atom is -0.481 e. The lowest BCUT2D eigenvalue weighted by Gasteiger charge is -2.23. The molecule has 5 nitrogen and oxygen atoms in total. The number of hydrogen-bond acceptors (Lipinski definition) is 4. The van der Waals surface area contributed by atoms with Crippen LogP contribution in [0.1, 0.15) is 20.3 Å². The fourth-order valence-corrected chi connectivity index (χ4v) is 5.05. The molecular formula is C9H12BrNO4S2. The van der Waals surface area contributed by atoms with Gasteiger partial charge in [0, 0.05) is 10.0 Å². The lowest BCUT2D eigenvalue weighted by atomic mass is 10.0. The zero-order chi connectivity index (χ0) is 13.3. The second-order valence-electron chi connectivity index (χ2n) is 4.12. The number of carbonyl (C=O) groups is 1. The molecule has 0 radical (unpaired) electrons. The number of nitrogens with one attached hydrogen (secondary N) is 1. The van der Waals surface area contributed by atoms with E-state index in [4.69, 9.17) is 5.11 Å². The Labute approximate surface area is 112 Å². The van der Waals surface area contributed by atoms with Crippen molar-refractivity contribution in [2.75, 3.05) is 0 Å². The van der Waals surface area contributed by atoms with Crippen LogP contribution in [0.2, 0.25) is 0 Å². The van der Waals surface area contributed by atoms with E-state index in [1.54, 1.807) is 11.4 Å². The van der Waals surface area contributed by atoms with Crippen LogP contribution < -0.4 is 4.72 Å². The third kappa shape index (κ3) is 4.06. The van der Waals surface area contributed by atoms with Gasteiger partial charge in [-0.2, -0.15) is 0 Å². The molecule has 1 heterocycles. The van der Waals surface area contributed by atoms with E-state index in [2.05, 4.69) is 20.7 Å². The Kier molecular flexibility index (Phi) is 4.34. The number of thiophene rings is 1. The van der Waals surface area contributed by atoms with Crippen molar-refractivity contribution in [1.29, 1.82) is 0 Å². The molecule has 1 aromatic heterocycles. The lowest BCUT2D eigenvalue weighted by molar-refractivity contribution is -0.138. The van der Waals surface area contributed by atoms with Crippen molar-refractivity contribution in [2.24, 2.45) is 0 Å². The van der Waals surface area contributed by atoms with Gasteiger partial charge in [0.25, 0.3) is 10.0 Å². The highest BCUT2D eigenvalue weighted by Crippen LogP contribution is 2.28. The van der Waals surface area contributed by atoms with E-state index >= 15 is 0 Å². The molecular weight excluding hydrogens is 330 g/mol. The van der Waals surface area contributed by atoms with Gasteiger partial charge in [0.15, 0.2) is 0 Å². The van der Waals surface area contributed by atoms with Crippen molar-refractivity contribution >= 4 is 43.3 Å². The predicted octanol–water partition coefficient (Wildman–Crippen LogP) is 2.04. The van der Waals surface area contributed by atoms with E-state index in [0.717, 1.165) is 11.3 Å². The summed E-state index contributed by atoms with van der Waals surface area (Å²) in [7, 11) is -3.69. The number of rotatable bonds is 5. The van der Waals surface area contributed by atoms with Crippen molar-refractivity contribution in [3.05, 3.63) is 15.9 Å². The molecule has 0 bridgehead atoms. The highest BCUT2D eigenvalue weighted by atomic mass is 79.9. The maximum atomic E-state index is 12.0. The molecule has 0 amide bonds. The van der Waals surface area contributed by atoms with Crippen LogP contribution in [0.4, 0.5) is 0 Å². The Hall–Kier alpha value is -0.440. The van der Waals surface area contributed by atoms with Crippen molar-refractivity contribution in [1.82, 2.24) is 4.72 Å². The zero-order valence-corrected chi connectivity index (χ0v) is 12.4. The van der Waals surface area contributed by atoms with Crippen LogP contribution in [-0.4, -0.2) is 25.0 Å². The maximum absolute atomic E-state index is 12.0. The topological polar surface area (TPSA) is 83.5 Å². The number of aliphatic carboxylic acids is 1. The Morgan fingerprint density at radius 3 is 2.59 bits per heavy atom. The largest absolute Gasteiger partial charge is 0.481 e. The van der Waals surface area contributed by atoms with Crippen LogP contribution in [0.15, 0.2) is 20.1 Å². The third-order valence-corrected chi connectivity index (χ3v) is 6.20. The summed E-state index contributed by atoms with van der Waals surface area (Å²) in [6.07, 6.45) is -0.283. The molecule has 0 atom stereocenters. The molecule has 8 heteroatoms. The average Bonchev–Trinajstić information content (AvgIpc) is 2.46. The smallest absolute Gasteiger partial charge is 0.305 e. The fraction of sp³-hybridized carbons (Fsp3) is 0.444. The molecule has 2 N–H and O–H groups in total. The summed E-state index contributed by atoms with van der Waals surface area (Å²) in [5.41, 5.74) is -1.03. The van der Waals surface area contributed by atoms with Crippen LogP contribution in [0, 0.1) is 0 Å². The van der Waals surface area contributed by atoms with Crippen molar-refractivity contribution in [2.45, 2.75) is 30.0 Å². The monoisotopic (exact) mass is 341 g/mol. The molecule has 0 aliphatic rings. The van der Waals surface area contributed by atoms with Crippen LogP contribution in [0.5, 0.6) is 0 Å². The Morgan fingerprint density at radius 2 is 2.18 bits per heavy atom. The van der Waals surface area contributed by atoms with Gasteiger partial charge in [-0.1, -0.05) is 0 Å². The van der Waals surface area contributed by atoms with E-state index in [0.29, 0.717) is 4.47 Å². The van der Waals surface area contributed by atoms with Gasteiger partial charge in [-0.05, 0) is 41.2 Å².